The van der Waals surface area contributed by atoms with Crippen molar-refractivity contribution < 1.29 is 9.90 Å². The van der Waals surface area contributed by atoms with E-state index in [1.165, 1.54) is 0 Å². The molecule has 1 saturated heterocycles. The van der Waals surface area contributed by atoms with Crippen molar-refractivity contribution in [3.63, 3.8) is 0 Å². The molecule has 0 saturated carbocycles. The zero-order chi connectivity index (χ0) is 14.7. The number of carbonyl (C=O) groups is 1. The normalized spacial score (nSPS) is 20.8. The molecule has 120 valence electrons. The summed E-state index contributed by atoms with van der Waals surface area (Å²) in [5.74, 6) is 0.143. The molecule has 22 heavy (non-hydrogen) atoms. The van der Waals surface area contributed by atoms with E-state index in [4.69, 9.17) is 0 Å². The number of para-hydroxylation sites is 1. The molecule has 2 atom stereocenters. The third kappa shape index (κ3) is 4.16. The van der Waals surface area contributed by atoms with Crippen LogP contribution in [-0.2, 0) is 11.2 Å². The second-order valence-corrected chi connectivity index (χ2v) is 6.48. The van der Waals surface area contributed by atoms with Gasteiger partial charge in [0, 0.05) is 38.4 Å². The van der Waals surface area contributed by atoms with Gasteiger partial charge in [-0.3, -0.25) is 4.79 Å². The van der Waals surface area contributed by atoms with Gasteiger partial charge in [-0.2, -0.15) is 0 Å². The summed E-state index contributed by atoms with van der Waals surface area (Å²) in [4.78, 5) is 16.4. The number of rotatable bonds is 5. The molecule has 7 heteroatoms. The number of aliphatic hydroxyl groups excluding tert-OH is 1. The highest BCUT2D eigenvalue weighted by Gasteiger charge is 2.24. The molecule has 1 amide bonds. The van der Waals surface area contributed by atoms with Crippen molar-refractivity contribution >= 4 is 39.9 Å². The van der Waals surface area contributed by atoms with Crippen molar-refractivity contribution in [3.05, 3.63) is 29.3 Å². The molecule has 1 fully saturated rings. The number of halogens is 1. The van der Waals surface area contributed by atoms with Crippen molar-refractivity contribution in [1.82, 2.24) is 15.6 Å². The van der Waals surface area contributed by atoms with Crippen LogP contribution in [-0.4, -0.2) is 41.7 Å². The van der Waals surface area contributed by atoms with Gasteiger partial charge in [0.05, 0.1) is 21.3 Å². The lowest BCUT2D eigenvalue weighted by molar-refractivity contribution is -0.121. The van der Waals surface area contributed by atoms with Gasteiger partial charge in [0.25, 0.3) is 0 Å². The summed E-state index contributed by atoms with van der Waals surface area (Å²) >= 11 is 1.64. The van der Waals surface area contributed by atoms with E-state index < -0.39 is 0 Å². The van der Waals surface area contributed by atoms with Gasteiger partial charge in [0.1, 0.15) is 0 Å². The van der Waals surface area contributed by atoms with E-state index in [1.54, 1.807) is 11.3 Å². The number of carbonyl (C=O) groups excluding carboxylic acids is 1. The summed E-state index contributed by atoms with van der Waals surface area (Å²) in [5, 5.41) is 16.7. The molecular weight excluding hydrogens is 322 g/mol. The van der Waals surface area contributed by atoms with Gasteiger partial charge in [-0.25, -0.2) is 4.98 Å². The molecule has 2 unspecified atom stereocenters. The summed E-state index contributed by atoms with van der Waals surface area (Å²) in [6.07, 6.45) is 0.752. The lowest BCUT2D eigenvalue weighted by Crippen LogP contribution is -2.34. The predicted molar refractivity (Wildman–Crippen MR) is 90.6 cm³/mol. The smallest absolute Gasteiger partial charge is 0.220 e. The van der Waals surface area contributed by atoms with Crippen LogP contribution in [0.2, 0.25) is 0 Å². The summed E-state index contributed by atoms with van der Waals surface area (Å²) in [6.45, 7) is 1.92. The number of aromatic nitrogens is 1. The van der Waals surface area contributed by atoms with Gasteiger partial charge < -0.3 is 15.7 Å². The lowest BCUT2D eigenvalue weighted by Gasteiger charge is -2.13. The predicted octanol–water partition coefficient (Wildman–Crippen LogP) is 1.35. The molecular formula is C15H20ClN3O2S. The minimum Gasteiger partial charge on any atom is -0.391 e. The van der Waals surface area contributed by atoms with Crippen molar-refractivity contribution in [2.24, 2.45) is 5.92 Å². The number of fused-ring (bicyclic) bond motifs is 1. The number of benzene rings is 1. The Morgan fingerprint density at radius 1 is 1.41 bits per heavy atom. The van der Waals surface area contributed by atoms with Crippen LogP contribution in [0.4, 0.5) is 0 Å². The quantitative estimate of drug-likeness (QED) is 0.767. The maximum Gasteiger partial charge on any atom is 0.220 e. The van der Waals surface area contributed by atoms with E-state index in [0.717, 1.165) is 21.8 Å². The van der Waals surface area contributed by atoms with Crippen LogP contribution in [0.5, 0.6) is 0 Å². The fourth-order valence-electron chi connectivity index (χ4n) is 2.51. The first-order valence-electron chi connectivity index (χ1n) is 7.22. The van der Waals surface area contributed by atoms with E-state index >= 15 is 0 Å². The topological polar surface area (TPSA) is 74.2 Å². The fourth-order valence-corrected chi connectivity index (χ4v) is 3.47. The molecule has 0 radical (unpaired) electrons. The second-order valence-electron chi connectivity index (χ2n) is 5.37. The molecule has 1 aromatic heterocycles. The first-order chi connectivity index (χ1) is 10.2. The van der Waals surface area contributed by atoms with Gasteiger partial charge in [-0.1, -0.05) is 12.1 Å². The summed E-state index contributed by atoms with van der Waals surface area (Å²) in [5.41, 5.74) is 0.998. The van der Waals surface area contributed by atoms with Crippen molar-refractivity contribution in [1.29, 1.82) is 0 Å². The Morgan fingerprint density at radius 2 is 2.23 bits per heavy atom. The molecule has 0 spiro atoms. The Balaban J connectivity index is 0.00000176. The van der Waals surface area contributed by atoms with Gasteiger partial charge in [-0.05, 0) is 12.1 Å². The van der Waals surface area contributed by atoms with E-state index in [1.807, 2.05) is 24.3 Å². The van der Waals surface area contributed by atoms with E-state index in [-0.39, 0.29) is 30.3 Å². The summed E-state index contributed by atoms with van der Waals surface area (Å²) in [6, 6.07) is 8.01. The number of aryl methyl sites for hydroxylation is 1. The molecule has 0 aliphatic carbocycles. The lowest BCUT2D eigenvalue weighted by atomic mass is 10.1. The SMILES string of the molecule is Cl.O=C(CCc1nc2ccccc2s1)NCC1CNCC1O. The van der Waals surface area contributed by atoms with E-state index in [0.29, 0.717) is 25.9 Å². The standard InChI is InChI=1S/C15H19N3O2S.ClH/c19-12-9-16-7-10(12)8-17-14(20)5-6-15-18-11-3-1-2-4-13(11)21-15;/h1-4,10,12,16,19H,5-9H2,(H,17,20);1H. The highest BCUT2D eigenvalue weighted by molar-refractivity contribution is 7.18. The number of nitrogens with zero attached hydrogens (tertiary/aromatic N) is 1. The third-order valence-electron chi connectivity index (χ3n) is 3.77. The monoisotopic (exact) mass is 341 g/mol. The Hall–Kier alpha value is -1.21. The molecule has 1 aliphatic rings. The minimum absolute atomic E-state index is 0. The number of thiazole rings is 1. The first-order valence-corrected chi connectivity index (χ1v) is 8.04. The molecule has 5 nitrogen and oxygen atoms in total. The Morgan fingerprint density at radius 3 is 2.95 bits per heavy atom. The van der Waals surface area contributed by atoms with Gasteiger partial charge >= 0.3 is 0 Å². The average Bonchev–Trinajstić information content (AvgIpc) is 3.08. The Labute approximate surface area is 139 Å². The molecule has 3 N–H and O–H groups in total. The van der Waals surface area contributed by atoms with Crippen molar-refractivity contribution in [2.75, 3.05) is 19.6 Å². The number of β-amino-alcohol motifs (C(OH)–C–C–N with tert-alkyl or cyclic N) is 1. The van der Waals surface area contributed by atoms with Gasteiger partial charge in [-0.15, -0.1) is 23.7 Å². The van der Waals surface area contributed by atoms with E-state index in [2.05, 4.69) is 15.6 Å². The maximum absolute atomic E-state index is 11.9. The highest BCUT2D eigenvalue weighted by Crippen LogP contribution is 2.22. The Bertz CT molecular complexity index is 601. The highest BCUT2D eigenvalue weighted by atomic mass is 35.5. The maximum atomic E-state index is 11.9. The summed E-state index contributed by atoms with van der Waals surface area (Å²) < 4.78 is 1.16. The number of nitrogens with one attached hydrogen (secondary N) is 2. The van der Waals surface area contributed by atoms with Crippen molar-refractivity contribution in [3.8, 4) is 0 Å². The third-order valence-corrected chi connectivity index (χ3v) is 4.87. The second kappa shape index (κ2) is 7.87. The Kier molecular flexibility index (Phi) is 6.14. The fraction of sp³-hybridized carbons (Fsp3) is 0.467. The van der Waals surface area contributed by atoms with Gasteiger partial charge in [0.15, 0.2) is 0 Å². The zero-order valence-corrected chi connectivity index (χ0v) is 13.8. The molecule has 0 bridgehead atoms. The van der Waals surface area contributed by atoms with Crippen LogP contribution in [0, 0.1) is 5.92 Å². The number of aliphatic hydroxyl groups is 1. The number of amides is 1. The minimum atomic E-state index is -0.352. The number of hydrogen-bond acceptors (Lipinski definition) is 5. The van der Waals surface area contributed by atoms with Crippen LogP contribution >= 0.6 is 23.7 Å². The van der Waals surface area contributed by atoms with Crippen LogP contribution in [0.25, 0.3) is 10.2 Å². The van der Waals surface area contributed by atoms with Crippen LogP contribution in [0.15, 0.2) is 24.3 Å². The molecule has 2 heterocycles. The average molecular weight is 342 g/mol. The van der Waals surface area contributed by atoms with Crippen LogP contribution < -0.4 is 10.6 Å². The first kappa shape index (κ1) is 17.1. The van der Waals surface area contributed by atoms with Crippen LogP contribution in [0.1, 0.15) is 11.4 Å². The zero-order valence-electron chi connectivity index (χ0n) is 12.1. The number of hydrogen-bond donors (Lipinski definition) is 3. The summed E-state index contributed by atoms with van der Waals surface area (Å²) in [7, 11) is 0. The van der Waals surface area contributed by atoms with Gasteiger partial charge in [0.2, 0.25) is 5.91 Å². The molecule has 1 aliphatic heterocycles. The van der Waals surface area contributed by atoms with E-state index in [9.17, 15) is 9.90 Å². The molecule has 3 rings (SSSR count). The molecule has 1 aromatic carbocycles. The van der Waals surface area contributed by atoms with Crippen molar-refractivity contribution in [2.45, 2.75) is 18.9 Å². The molecule has 2 aromatic rings. The largest absolute Gasteiger partial charge is 0.391 e. The van der Waals surface area contributed by atoms with Crippen LogP contribution in [0.3, 0.4) is 0 Å².